The van der Waals surface area contributed by atoms with Gasteiger partial charge >= 0.3 is 11.6 Å². The molecule has 1 aromatic heterocycles. The predicted molar refractivity (Wildman–Crippen MR) is 115 cm³/mol. The second-order valence-corrected chi connectivity index (χ2v) is 10.0. The Kier molecular flexibility index (Phi) is 4.06. The van der Waals surface area contributed by atoms with E-state index in [1.54, 1.807) is 0 Å². The van der Waals surface area contributed by atoms with E-state index in [4.69, 9.17) is 9.15 Å². The lowest BCUT2D eigenvalue weighted by atomic mass is 9.49. The molecule has 4 heteroatoms. The topological polar surface area (TPSA) is 56.5 Å². The van der Waals surface area contributed by atoms with E-state index in [-0.39, 0.29) is 18.0 Å². The van der Waals surface area contributed by atoms with Crippen LogP contribution in [0.3, 0.4) is 0 Å². The predicted octanol–water partition coefficient (Wildman–Crippen LogP) is 5.60. The fraction of sp³-hybridized carbons (Fsp3) is 0.462. The van der Waals surface area contributed by atoms with Crippen LogP contribution >= 0.6 is 0 Å². The summed E-state index contributed by atoms with van der Waals surface area (Å²) in [4.78, 5) is 24.9. The number of hydrogen-bond acceptors (Lipinski definition) is 4. The third kappa shape index (κ3) is 3.05. The Morgan fingerprint density at radius 2 is 1.70 bits per heavy atom. The van der Waals surface area contributed by atoms with E-state index in [9.17, 15) is 9.59 Å². The monoisotopic (exact) mass is 402 g/mol. The van der Waals surface area contributed by atoms with E-state index in [2.05, 4.69) is 0 Å². The smallest absolute Gasteiger partial charge is 0.336 e. The third-order valence-corrected chi connectivity index (χ3v) is 7.79. The van der Waals surface area contributed by atoms with Gasteiger partial charge in [0.15, 0.2) is 0 Å². The molecule has 0 N–H and O–H groups in total. The minimum absolute atomic E-state index is 0.112. The molecule has 3 aromatic rings. The minimum atomic E-state index is -0.412. The van der Waals surface area contributed by atoms with Gasteiger partial charge in [-0.25, -0.2) is 4.79 Å². The fourth-order valence-electron chi connectivity index (χ4n) is 7.16. The van der Waals surface area contributed by atoms with Crippen LogP contribution in [-0.4, -0.2) is 5.97 Å². The Labute approximate surface area is 175 Å². The Morgan fingerprint density at radius 3 is 2.43 bits per heavy atom. The summed E-state index contributed by atoms with van der Waals surface area (Å²) in [5.74, 6) is 2.33. The molecule has 4 saturated carbocycles. The van der Waals surface area contributed by atoms with Gasteiger partial charge in [-0.1, -0.05) is 30.3 Å². The molecule has 4 bridgehead atoms. The van der Waals surface area contributed by atoms with Gasteiger partial charge in [0.2, 0.25) is 0 Å². The maximum atomic E-state index is 12.9. The van der Waals surface area contributed by atoms with Gasteiger partial charge in [0, 0.05) is 17.0 Å². The summed E-state index contributed by atoms with van der Waals surface area (Å²) < 4.78 is 11.2. The lowest BCUT2D eigenvalue weighted by Gasteiger charge is -2.56. The number of hydrogen-bond donors (Lipinski definition) is 0. The maximum Gasteiger partial charge on any atom is 0.336 e. The summed E-state index contributed by atoms with van der Waals surface area (Å²) in [7, 11) is 0. The highest BCUT2D eigenvalue weighted by atomic mass is 16.5. The summed E-state index contributed by atoms with van der Waals surface area (Å²) in [5, 5.41) is 2.93. The lowest BCUT2D eigenvalue weighted by Crippen LogP contribution is -2.47. The first-order valence-corrected chi connectivity index (χ1v) is 11.2. The summed E-state index contributed by atoms with van der Waals surface area (Å²) >= 11 is 0. The maximum absolute atomic E-state index is 12.9. The highest BCUT2D eigenvalue weighted by Gasteiger charge is 2.51. The van der Waals surface area contributed by atoms with Gasteiger partial charge in [0.1, 0.15) is 12.2 Å². The van der Waals surface area contributed by atoms with Crippen molar-refractivity contribution in [2.24, 2.45) is 23.2 Å². The van der Waals surface area contributed by atoms with Crippen molar-refractivity contribution >= 4 is 27.7 Å². The molecule has 154 valence electrons. The number of rotatable bonds is 4. The van der Waals surface area contributed by atoms with Crippen molar-refractivity contribution in [1.29, 1.82) is 0 Å². The van der Waals surface area contributed by atoms with Crippen LogP contribution in [0.15, 0.2) is 51.7 Å². The SMILES string of the molecule is O=C(CC12CC3CC(CC(C3)C1)C2)OCc1cc(=O)oc2ccc3ccccc3c12. The molecule has 0 radical (unpaired) electrons. The van der Waals surface area contributed by atoms with Crippen LogP contribution in [0.1, 0.15) is 50.5 Å². The normalized spacial score (nSPS) is 29.5. The summed E-state index contributed by atoms with van der Waals surface area (Å²) in [5.41, 5.74) is 1.01. The van der Waals surface area contributed by atoms with Crippen LogP contribution in [0, 0.1) is 23.2 Å². The average molecular weight is 402 g/mol. The molecule has 0 saturated heterocycles. The molecule has 0 spiro atoms. The van der Waals surface area contributed by atoms with E-state index < -0.39 is 5.63 Å². The number of carbonyl (C=O) groups excluding carboxylic acids is 1. The Morgan fingerprint density at radius 1 is 1.00 bits per heavy atom. The first kappa shape index (κ1) is 18.2. The zero-order valence-electron chi connectivity index (χ0n) is 17.1. The van der Waals surface area contributed by atoms with Gasteiger partial charge in [-0.15, -0.1) is 0 Å². The molecule has 4 fully saturated rings. The first-order chi connectivity index (χ1) is 14.6. The van der Waals surface area contributed by atoms with Crippen LogP contribution < -0.4 is 5.63 Å². The first-order valence-electron chi connectivity index (χ1n) is 11.2. The van der Waals surface area contributed by atoms with Gasteiger partial charge in [-0.2, -0.15) is 0 Å². The van der Waals surface area contributed by atoms with Gasteiger partial charge in [-0.3, -0.25) is 4.79 Å². The minimum Gasteiger partial charge on any atom is -0.461 e. The van der Waals surface area contributed by atoms with Crippen LogP contribution in [0.5, 0.6) is 0 Å². The third-order valence-electron chi connectivity index (χ3n) is 7.79. The highest BCUT2D eigenvalue weighted by molar-refractivity contribution is 6.07. The summed E-state index contributed by atoms with van der Waals surface area (Å²) in [6.07, 6.45) is 8.20. The molecule has 4 aliphatic carbocycles. The zero-order chi connectivity index (χ0) is 20.3. The number of fused-ring (bicyclic) bond motifs is 3. The average Bonchev–Trinajstić information content (AvgIpc) is 2.70. The molecule has 0 unspecified atom stereocenters. The molecular weight excluding hydrogens is 376 g/mol. The molecule has 2 aromatic carbocycles. The molecule has 4 nitrogen and oxygen atoms in total. The van der Waals surface area contributed by atoms with Crippen LogP contribution in [0.2, 0.25) is 0 Å². The molecule has 7 rings (SSSR count). The number of ether oxygens (including phenoxy) is 1. The Balaban J connectivity index is 1.26. The van der Waals surface area contributed by atoms with Crippen molar-refractivity contribution in [3.63, 3.8) is 0 Å². The van der Waals surface area contributed by atoms with Crippen LogP contribution in [0.25, 0.3) is 21.7 Å². The number of carbonyl (C=O) groups is 1. The van der Waals surface area contributed by atoms with E-state index in [0.717, 1.165) is 39.5 Å². The van der Waals surface area contributed by atoms with Gasteiger partial charge < -0.3 is 9.15 Å². The van der Waals surface area contributed by atoms with Gasteiger partial charge in [-0.05, 0) is 78.5 Å². The standard InChI is InChI=1S/C26H26O4/c27-23-10-20(25-21-4-2-1-3-19(21)5-6-22(25)30-23)15-29-24(28)14-26-11-16-7-17(12-26)9-18(8-16)13-26/h1-6,10,16-18H,7-9,11-15H2. The van der Waals surface area contributed by atoms with E-state index in [1.807, 2.05) is 36.4 Å². The number of esters is 1. The Hall–Kier alpha value is -2.62. The second kappa shape index (κ2) is 6.69. The van der Waals surface area contributed by atoms with Crippen molar-refractivity contribution in [2.45, 2.75) is 51.6 Å². The zero-order valence-corrected chi connectivity index (χ0v) is 17.1. The molecular formula is C26H26O4. The van der Waals surface area contributed by atoms with Crippen molar-refractivity contribution in [3.05, 3.63) is 58.4 Å². The van der Waals surface area contributed by atoms with Crippen molar-refractivity contribution in [2.75, 3.05) is 0 Å². The molecule has 1 heterocycles. The highest BCUT2D eigenvalue weighted by Crippen LogP contribution is 2.61. The van der Waals surface area contributed by atoms with Crippen molar-refractivity contribution in [3.8, 4) is 0 Å². The summed E-state index contributed by atoms with van der Waals surface area (Å²) in [6, 6.07) is 13.2. The molecule has 0 atom stereocenters. The largest absolute Gasteiger partial charge is 0.461 e. The van der Waals surface area contributed by atoms with Gasteiger partial charge in [0.05, 0.1) is 6.42 Å². The molecule has 0 aliphatic heterocycles. The van der Waals surface area contributed by atoms with E-state index >= 15 is 0 Å². The second-order valence-electron chi connectivity index (χ2n) is 10.0. The molecule has 4 aliphatic rings. The van der Waals surface area contributed by atoms with Crippen molar-refractivity contribution < 1.29 is 13.9 Å². The molecule has 0 amide bonds. The van der Waals surface area contributed by atoms with Crippen LogP contribution in [0.4, 0.5) is 0 Å². The van der Waals surface area contributed by atoms with Crippen molar-refractivity contribution in [1.82, 2.24) is 0 Å². The fourth-order valence-corrected chi connectivity index (χ4v) is 7.16. The van der Waals surface area contributed by atoms with E-state index in [1.165, 1.54) is 44.6 Å². The van der Waals surface area contributed by atoms with Crippen LogP contribution in [-0.2, 0) is 16.1 Å². The molecule has 30 heavy (non-hydrogen) atoms. The quantitative estimate of drug-likeness (QED) is 0.324. The van der Waals surface area contributed by atoms with Gasteiger partial charge in [0.25, 0.3) is 0 Å². The summed E-state index contributed by atoms with van der Waals surface area (Å²) in [6.45, 7) is 0.112. The van der Waals surface area contributed by atoms with E-state index in [0.29, 0.717) is 12.0 Å². The number of benzene rings is 2. The lowest BCUT2D eigenvalue weighted by molar-refractivity contribution is -0.153. The Bertz CT molecular complexity index is 1170.